The highest BCUT2D eigenvalue weighted by Crippen LogP contribution is 2.40. The summed E-state index contributed by atoms with van der Waals surface area (Å²) in [6.45, 7) is -0.398. The summed E-state index contributed by atoms with van der Waals surface area (Å²) < 4.78 is 118. The van der Waals surface area contributed by atoms with Crippen LogP contribution >= 0.6 is 23.2 Å². The lowest BCUT2D eigenvalue weighted by atomic mass is 10.1. The van der Waals surface area contributed by atoms with Crippen molar-refractivity contribution in [2.45, 2.75) is 24.4 Å². The Morgan fingerprint density at radius 2 is 1.13 bits per heavy atom. The van der Waals surface area contributed by atoms with E-state index < -0.39 is 69.6 Å². The average Bonchev–Trinajstić information content (AvgIpc) is 3.92. The zero-order valence-corrected chi connectivity index (χ0v) is 38.0. The fourth-order valence-corrected chi connectivity index (χ4v) is 8.16. The summed E-state index contributed by atoms with van der Waals surface area (Å²) in [5.41, 5.74) is -0.681. The van der Waals surface area contributed by atoms with Crippen molar-refractivity contribution in [1.29, 1.82) is 0 Å². The molecule has 362 valence electrons. The molecule has 25 heteroatoms. The molecule has 0 saturated carbocycles. The molecule has 8 rings (SSSR count). The van der Waals surface area contributed by atoms with E-state index in [4.69, 9.17) is 32.7 Å². The zero-order chi connectivity index (χ0) is 50.1. The first-order valence-electron chi connectivity index (χ1n) is 20.3. The Kier molecular flexibility index (Phi) is 13.5. The van der Waals surface area contributed by atoms with E-state index in [1.165, 1.54) is 107 Å². The average molecular weight is 1030 g/mol. The monoisotopic (exact) mass is 1030 g/mol. The largest absolute Gasteiger partial charge is 0.480 e. The molecule has 0 radical (unpaired) electrons. The van der Waals surface area contributed by atoms with Gasteiger partial charge < -0.3 is 39.7 Å². The fourth-order valence-electron chi connectivity index (χ4n) is 7.25. The van der Waals surface area contributed by atoms with Crippen LogP contribution in [0.5, 0.6) is 23.0 Å². The number of alkyl halides is 6. The van der Waals surface area contributed by atoms with E-state index in [0.29, 0.717) is 0 Å². The van der Waals surface area contributed by atoms with Crippen LogP contribution < -0.4 is 25.4 Å². The number of carbonyl (C=O) groups excluding carboxylic acids is 1. The van der Waals surface area contributed by atoms with Gasteiger partial charge in [-0.2, -0.15) is 26.3 Å². The Hall–Kier alpha value is -7.63. The minimum atomic E-state index is -4.62. The molecule has 0 aliphatic carbocycles. The van der Waals surface area contributed by atoms with E-state index in [0.717, 1.165) is 30.5 Å². The Morgan fingerprint density at radius 3 is 1.54 bits per heavy atom. The molecule has 4 aromatic heterocycles. The van der Waals surface area contributed by atoms with Crippen molar-refractivity contribution < 1.29 is 58.9 Å². The van der Waals surface area contributed by atoms with Crippen molar-refractivity contribution in [1.82, 2.24) is 34.4 Å². The number of halogens is 8. The van der Waals surface area contributed by atoms with Gasteiger partial charge in [-0.05, 0) is 84.9 Å². The van der Waals surface area contributed by atoms with Crippen LogP contribution in [-0.4, -0.2) is 73.0 Å². The number of carboxylic acid groups (broad SMARTS) is 1. The summed E-state index contributed by atoms with van der Waals surface area (Å²) in [5, 5.41) is 19.7. The normalized spacial score (nSPS) is 12.9. The minimum absolute atomic E-state index is 0.0119. The van der Waals surface area contributed by atoms with Gasteiger partial charge in [-0.15, -0.1) is 0 Å². The SMILES string of the molecule is CS(=O)(=O)CCNC(=O)C(C(C(=O)O)n1ccc2ncnc(Nc3ccc(Oc4cccc(C(F)(F)F)c4)c(Cl)c3)c21)n1ccc2ncnc(Nc3ccc(Oc4cccc(C(F)(F)F)c4)c(Cl)c3)c21. The summed E-state index contributed by atoms with van der Waals surface area (Å²) in [6, 6.07) is 16.3. The number of nitrogens with one attached hydrogen (secondary N) is 3. The second-order valence-electron chi connectivity index (χ2n) is 15.3. The van der Waals surface area contributed by atoms with Crippen molar-refractivity contribution >= 4 is 90.0 Å². The number of sulfone groups is 1. The molecule has 0 aliphatic heterocycles. The van der Waals surface area contributed by atoms with Gasteiger partial charge in [0.2, 0.25) is 5.91 Å². The first kappa shape index (κ1) is 48.8. The van der Waals surface area contributed by atoms with Crippen molar-refractivity contribution in [3.05, 3.63) is 143 Å². The Morgan fingerprint density at radius 1 is 0.671 bits per heavy atom. The molecule has 4 N–H and O–H groups in total. The third kappa shape index (κ3) is 11.0. The third-order valence-electron chi connectivity index (χ3n) is 10.4. The van der Waals surface area contributed by atoms with Crippen molar-refractivity contribution in [3.63, 3.8) is 0 Å². The Labute approximate surface area is 401 Å². The maximum Gasteiger partial charge on any atom is 0.416 e. The number of nitrogens with zero attached hydrogens (tertiary/aromatic N) is 6. The number of benzene rings is 4. The Bertz CT molecular complexity index is 3410. The van der Waals surface area contributed by atoms with Crippen LogP contribution in [0.15, 0.2) is 122 Å². The topological polar surface area (TPSA) is 204 Å². The molecule has 0 spiro atoms. The zero-order valence-electron chi connectivity index (χ0n) is 35.6. The lowest BCUT2D eigenvalue weighted by molar-refractivity contribution is -0.145. The van der Waals surface area contributed by atoms with E-state index >= 15 is 0 Å². The lowest BCUT2D eigenvalue weighted by Gasteiger charge is -2.28. The number of hydrogen-bond acceptors (Lipinski definition) is 12. The predicted molar refractivity (Wildman–Crippen MR) is 246 cm³/mol. The summed E-state index contributed by atoms with van der Waals surface area (Å²) in [5.74, 6) is -3.12. The second kappa shape index (κ2) is 19.4. The summed E-state index contributed by atoms with van der Waals surface area (Å²) in [7, 11) is -3.60. The number of rotatable bonds is 16. The molecular weight excluding hydrogens is 996 g/mol. The maximum atomic E-state index is 14.5. The fraction of sp³-hybridized carbons (Fsp3) is 0.156. The lowest BCUT2D eigenvalue weighted by Crippen LogP contribution is -2.42. The van der Waals surface area contributed by atoms with E-state index in [-0.39, 0.29) is 78.1 Å². The summed E-state index contributed by atoms with van der Waals surface area (Å²) >= 11 is 13.1. The van der Waals surface area contributed by atoms with Crippen LogP contribution in [0, 0.1) is 0 Å². The Balaban J connectivity index is 1.15. The number of carboxylic acids is 1. The molecule has 0 fully saturated rings. The van der Waals surface area contributed by atoms with Gasteiger partial charge in [0.05, 0.1) is 38.0 Å². The predicted octanol–water partition coefficient (Wildman–Crippen LogP) is 10.6. The van der Waals surface area contributed by atoms with Gasteiger partial charge in [0.15, 0.2) is 17.7 Å². The van der Waals surface area contributed by atoms with Gasteiger partial charge in [0, 0.05) is 36.6 Å². The molecule has 16 nitrogen and oxygen atoms in total. The minimum Gasteiger partial charge on any atom is -0.480 e. The van der Waals surface area contributed by atoms with E-state index in [2.05, 4.69) is 35.9 Å². The van der Waals surface area contributed by atoms with Crippen LogP contribution in [-0.2, 0) is 31.8 Å². The number of fused-ring (bicyclic) bond motifs is 2. The molecule has 70 heavy (non-hydrogen) atoms. The van der Waals surface area contributed by atoms with E-state index in [1.807, 2.05) is 0 Å². The van der Waals surface area contributed by atoms with Crippen LogP contribution in [0.3, 0.4) is 0 Å². The van der Waals surface area contributed by atoms with E-state index in [9.17, 15) is 49.5 Å². The smallest absolute Gasteiger partial charge is 0.416 e. The standard InChI is InChI=1S/C45H33Cl2F6N9O7S/c1-70(66,67)17-14-54-42(63)38(61-15-12-32-36(61)40(57-22-55-32)59-26-8-10-34(30(46)20-26)68-28-6-2-4-24(18-28)44(48,49)50)39(43(64)65)62-16-13-33-37(62)41(58-23-56-33)60-27-9-11-35(31(47)21-27)69-29-7-3-5-25(19-29)45(51,52)53/h2-13,15-16,18-23,38-39H,14,17H2,1H3,(H,54,63)(H,64,65)(H,55,57,59)(H,56,58,60). The number of amides is 1. The summed E-state index contributed by atoms with van der Waals surface area (Å²) in [6.07, 6.45) is -3.12. The van der Waals surface area contributed by atoms with Crippen LogP contribution in [0.25, 0.3) is 22.1 Å². The molecule has 4 heterocycles. The number of anilines is 4. The number of carbonyl (C=O) groups is 2. The molecular formula is C45H33Cl2F6N9O7S. The van der Waals surface area contributed by atoms with Gasteiger partial charge in [-0.1, -0.05) is 35.3 Å². The van der Waals surface area contributed by atoms with Crippen LogP contribution in [0.1, 0.15) is 23.2 Å². The maximum absolute atomic E-state index is 14.5. The number of hydrogen-bond donors (Lipinski definition) is 4. The van der Waals surface area contributed by atoms with Gasteiger partial charge in [0.25, 0.3) is 0 Å². The van der Waals surface area contributed by atoms with Crippen molar-refractivity contribution in [2.24, 2.45) is 0 Å². The highest BCUT2D eigenvalue weighted by atomic mass is 35.5. The first-order chi connectivity index (χ1) is 33.1. The number of ether oxygens (including phenoxy) is 2. The molecule has 0 saturated heterocycles. The second-order valence-corrected chi connectivity index (χ2v) is 18.4. The number of aliphatic carboxylic acids is 1. The highest BCUT2D eigenvalue weighted by molar-refractivity contribution is 7.90. The van der Waals surface area contributed by atoms with E-state index in [1.54, 1.807) is 0 Å². The quantitative estimate of drug-likeness (QED) is 0.0666. The molecule has 1 amide bonds. The van der Waals surface area contributed by atoms with Gasteiger partial charge in [-0.25, -0.2) is 33.1 Å². The number of aromatic nitrogens is 6. The van der Waals surface area contributed by atoms with Crippen LogP contribution in [0.2, 0.25) is 10.0 Å². The first-order valence-corrected chi connectivity index (χ1v) is 23.1. The molecule has 0 bridgehead atoms. The molecule has 4 aromatic carbocycles. The highest BCUT2D eigenvalue weighted by Gasteiger charge is 2.39. The van der Waals surface area contributed by atoms with Gasteiger partial charge in [0.1, 0.15) is 62.6 Å². The third-order valence-corrected chi connectivity index (χ3v) is 11.9. The molecule has 2 atom stereocenters. The molecule has 2 unspecified atom stereocenters. The molecule has 0 aliphatic rings. The summed E-state index contributed by atoms with van der Waals surface area (Å²) in [4.78, 5) is 45.5. The molecule has 8 aromatic rings. The van der Waals surface area contributed by atoms with Crippen LogP contribution in [0.4, 0.5) is 49.4 Å². The van der Waals surface area contributed by atoms with Gasteiger partial charge >= 0.3 is 18.3 Å². The van der Waals surface area contributed by atoms with Gasteiger partial charge in [-0.3, -0.25) is 4.79 Å². The van der Waals surface area contributed by atoms with Crippen molar-refractivity contribution in [3.8, 4) is 23.0 Å². The van der Waals surface area contributed by atoms with Crippen molar-refractivity contribution in [2.75, 3.05) is 29.2 Å².